The zero-order chi connectivity index (χ0) is 17.8. The predicted molar refractivity (Wildman–Crippen MR) is 98.8 cm³/mol. The van der Waals surface area contributed by atoms with E-state index in [0.717, 1.165) is 31.4 Å². The van der Waals surface area contributed by atoms with Crippen molar-refractivity contribution < 1.29 is 9.59 Å². The fourth-order valence-corrected chi connectivity index (χ4v) is 2.29. The number of amides is 1. The fourth-order valence-electron chi connectivity index (χ4n) is 2.29. The van der Waals surface area contributed by atoms with Crippen molar-refractivity contribution in [2.24, 2.45) is 5.92 Å². The van der Waals surface area contributed by atoms with Crippen molar-refractivity contribution >= 4 is 17.4 Å². The molecule has 0 saturated heterocycles. The van der Waals surface area contributed by atoms with Crippen molar-refractivity contribution in [1.29, 1.82) is 0 Å². The molecule has 0 aliphatic carbocycles. The maximum atomic E-state index is 12.0. The summed E-state index contributed by atoms with van der Waals surface area (Å²) >= 11 is 0. The van der Waals surface area contributed by atoms with Gasteiger partial charge in [0.1, 0.15) is 5.78 Å². The third kappa shape index (κ3) is 9.17. The molecule has 1 aromatic carbocycles. The van der Waals surface area contributed by atoms with Gasteiger partial charge in [-0.2, -0.15) is 0 Å². The van der Waals surface area contributed by atoms with Crippen LogP contribution in [0.25, 0.3) is 0 Å². The van der Waals surface area contributed by atoms with Gasteiger partial charge in [0.05, 0.1) is 0 Å². The van der Waals surface area contributed by atoms with Crippen LogP contribution in [-0.2, 0) is 9.59 Å². The minimum atomic E-state index is 0.0835. The number of carbonyl (C=O) groups is 2. The minimum absolute atomic E-state index is 0.0835. The highest BCUT2D eigenvalue weighted by molar-refractivity contribution is 5.93. The summed E-state index contributed by atoms with van der Waals surface area (Å²) in [5, 5.41) is 3.04. The molecule has 0 aromatic heterocycles. The number of carbonyl (C=O) groups excluding carboxylic acids is 2. The molecule has 23 heavy (non-hydrogen) atoms. The molecule has 0 saturated carbocycles. The standard InChI is InChI=1S/C15H23NO.C5H10O/c1-5-8-12(4)15(17)16-14-10-7-6-9-13(14)11(2)3;1-3-4-5(2)6/h6-7,9-12H,5,8H2,1-4H3,(H,16,17);3-4H2,1-2H3. The van der Waals surface area contributed by atoms with E-state index in [9.17, 15) is 9.59 Å². The largest absolute Gasteiger partial charge is 0.326 e. The van der Waals surface area contributed by atoms with Crippen LogP contribution in [0.15, 0.2) is 24.3 Å². The van der Waals surface area contributed by atoms with E-state index in [1.807, 2.05) is 32.0 Å². The number of hydrogen-bond donors (Lipinski definition) is 1. The Labute approximate surface area is 141 Å². The molecular weight excluding hydrogens is 286 g/mol. The van der Waals surface area contributed by atoms with Crippen LogP contribution in [0.5, 0.6) is 0 Å². The van der Waals surface area contributed by atoms with Crippen molar-refractivity contribution in [3.63, 3.8) is 0 Å². The zero-order valence-electron chi connectivity index (χ0n) is 15.6. The molecule has 130 valence electrons. The molecule has 3 nitrogen and oxygen atoms in total. The van der Waals surface area contributed by atoms with E-state index in [1.54, 1.807) is 6.92 Å². The topological polar surface area (TPSA) is 46.2 Å². The maximum Gasteiger partial charge on any atom is 0.227 e. The van der Waals surface area contributed by atoms with Gasteiger partial charge in [-0.15, -0.1) is 0 Å². The second kappa shape index (κ2) is 11.9. The summed E-state index contributed by atoms with van der Waals surface area (Å²) < 4.78 is 0. The van der Waals surface area contributed by atoms with Gasteiger partial charge in [0.15, 0.2) is 0 Å². The SMILES string of the molecule is CCCC(C)=O.CCCC(C)C(=O)Nc1ccccc1C(C)C. The molecule has 0 aliphatic rings. The first-order valence-electron chi connectivity index (χ1n) is 8.72. The van der Waals surface area contributed by atoms with Crippen LogP contribution in [-0.4, -0.2) is 11.7 Å². The van der Waals surface area contributed by atoms with Crippen molar-refractivity contribution in [1.82, 2.24) is 0 Å². The van der Waals surface area contributed by atoms with Crippen LogP contribution < -0.4 is 5.32 Å². The normalized spacial score (nSPS) is 11.4. The molecule has 1 rings (SSSR count). The van der Waals surface area contributed by atoms with Gasteiger partial charge < -0.3 is 10.1 Å². The summed E-state index contributed by atoms with van der Waals surface area (Å²) in [4.78, 5) is 22.0. The summed E-state index contributed by atoms with van der Waals surface area (Å²) in [6.07, 6.45) is 3.70. The van der Waals surface area contributed by atoms with Gasteiger partial charge in [0, 0.05) is 18.0 Å². The van der Waals surface area contributed by atoms with Crippen molar-refractivity contribution in [2.75, 3.05) is 5.32 Å². The van der Waals surface area contributed by atoms with E-state index < -0.39 is 0 Å². The fraction of sp³-hybridized carbons (Fsp3) is 0.600. The Hall–Kier alpha value is -1.64. The van der Waals surface area contributed by atoms with Gasteiger partial charge in [0.2, 0.25) is 5.91 Å². The number of hydrogen-bond acceptors (Lipinski definition) is 2. The lowest BCUT2D eigenvalue weighted by atomic mass is 10.00. The van der Waals surface area contributed by atoms with Gasteiger partial charge in [-0.3, -0.25) is 4.79 Å². The number of Topliss-reactive ketones (excluding diaryl/α,β-unsaturated/α-hetero) is 1. The van der Waals surface area contributed by atoms with Gasteiger partial charge in [-0.1, -0.05) is 59.2 Å². The number of ketones is 1. The zero-order valence-corrected chi connectivity index (χ0v) is 15.6. The van der Waals surface area contributed by atoms with Crippen LogP contribution in [0.3, 0.4) is 0 Å². The van der Waals surface area contributed by atoms with Crippen LogP contribution in [0.2, 0.25) is 0 Å². The Morgan fingerprint density at radius 1 is 1.04 bits per heavy atom. The highest BCUT2D eigenvalue weighted by Gasteiger charge is 2.14. The Kier molecular flexibility index (Phi) is 11.0. The highest BCUT2D eigenvalue weighted by Crippen LogP contribution is 2.24. The number of para-hydroxylation sites is 1. The van der Waals surface area contributed by atoms with Crippen LogP contribution in [0.4, 0.5) is 5.69 Å². The molecule has 0 radical (unpaired) electrons. The van der Waals surface area contributed by atoms with Gasteiger partial charge >= 0.3 is 0 Å². The first-order chi connectivity index (χ1) is 10.8. The maximum absolute atomic E-state index is 12.0. The smallest absolute Gasteiger partial charge is 0.227 e. The molecule has 0 fully saturated rings. The molecular formula is C20H33NO2. The van der Waals surface area contributed by atoms with Gasteiger partial charge in [-0.25, -0.2) is 0 Å². The molecule has 0 spiro atoms. The average Bonchev–Trinajstić information content (AvgIpc) is 2.48. The molecule has 1 aromatic rings. The molecule has 1 unspecified atom stereocenters. The van der Waals surface area contributed by atoms with E-state index >= 15 is 0 Å². The molecule has 1 N–H and O–H groups in total. The van der Waals surface area contributed by atoms with Gasteiger partial charge in [0.25, 0.3) is 0 Å². The molecule has 3 heteroatoms. The summed E-state index contributed by atoms with van der Waals surface area (Å²) in [5.41, 5.74) is 2.15. The van der Waals surface area contributed by atoms with E-state index in [2.05, 4.69) is 32.2 Å². The minimum Gasteiger partial charge on any atom is -0.326 e. The Morgan fingerprint density at radius 3 is 2.09 bits per heavy atom. The number of rotatable bonds is 7. The van der Waals surface area contributed by atoms with Crippen molar-refractivity contribution in [2.45, 2.75) is 73.1 Å². The summed E-state index contributed by atoms with van der Waals surface area (Å²) in [6.45, 7) is 12.0. The summed E-state index contributed by atoms with van der Waals surface area (Å²) in [5.74, 6) is 0.922. The Morgan fingerprint density at radius 2 is 1.65 bits per heavy atom. The second-order valence-corrected chi connectivity index (χ2v) is 6.37. The van der Waals surface area contributed by atoms with Gasteiger partial charge in [-0.05, 0) is 37.3 Å². The van der Waals surface area contributed by atoms with E-state index in [1.165, 1.54) is 5.56 Å². The quantitative estimate of drug-likeness (QED) is 0.715. The monoisotopic (exact) mass is 319 g/mol. The number of benzene rings is 1. The average molecular weight is 319 g/mol. The molecule has 1 atom stereocenters. The lowest BCUT2D eigenvalue weighted by molar-refractivity contribution is -0.119. The third-order valence-electron chi connectivity index (χ3n) is 3.61. The molecule has 0 heterocycles. The van der Waals surface area contributed by atoms with E-state index in [-0.39, 0.29) is 17.6 Å². The number of nitrogens with one attached hydrogen (secondary N) is 1. The lowest BCUT2D eigenvalue weighted by Gasteiger charge is -2.16. The van der Waals surface area contributed by atoms with E-state index in [0.29, 0.717) is 5.92 Å². The number of anilines is 1. The Bertz CT molecular complexity index is 480. The van der Waals surface area contributed by atoms with Crippen LogP contribution in [0, 0.1) is 5.92 Å². The predicted octanol–water partition coefficient (Wildman–Crippen LogP) is 5.56. The Balaban J connectivity index is 0.000000688. The third-order valence-corrected chi connectivity index (χ3v) is 3.61. The summed E-state index contributed by atoms with van der Waals surface area (Å²) in [6, 6.07) is 8.03. The highest BCUT2D eigenvalue weighted by atomic mass is 16.1. The molecule has 0 bridgehead atoms. The van der Waals surface area contributed by atoms with Crippen molar-refractivity contribution in [3.8, 4) is 0 Å². The first kappa shape index (κ1) is 21.4. The van der Waals surface area contributed by atoms with Crippen LogP contribution in [0.1, 0.15) is 78.7 Å². The van der Waals surface area contributed by atoms with E-state index in [4.69, 9.17) is 0 Å². The van der Waals surface area contributed by atoms with Crippen LogP contribution >= 0.6 is 0 Å². The molecule has 0 aliphatic heterocycles. The second-order valence-electron chi connectivity index (χ2n) is 6.37. The first-order valence-corrected chi connectivity index (χ1v) is 8.72. The molecule has 1 amide bonds. The summed E-state index contributed by atoms with van der Waals surface area (Å²) in [7, 11) is 0. The van der Waals surface area contributed by atoms with Crippen molar-refractivity contribution in [3.05, 3.63) is 29.8 Å². The lowest BCUT2D eigenvalue weighted by Crippen LogP contribution is -2.21.